The van der Waals surface area contributed by atoms with Crippen molar-refractivity contribution in [2.24, 2.45) is 0 Å². The van der Waals surface area contributed by atoms with Gasteiger partial charge in [-0.05, 0) is 20.8 Å². The Kier molecular flexibility index (Phi) is 3.98. The molecule has 1 fully saturated rings. The topological polar surface area (TPSA) is 29.5 Å². The van der Waals surface area contributed by atoms with Crippen molar-refractivity contribution in [1.82, 2.24) is 4.90 Å². The first-order valence-electron chi connectivity index (χ1n) is 5.03. The van der Waals surface area contributed by atoms with Crippen molar-refractivity contribution in [3.8, 4) is 0 Å². The Labute approximate surface area is 98.1 Å². The second-order valence-corrected chi connectivity index (χ2v) is 5.42. The van der Waals surface area contributed by atoms with Gasteiger partial charge in [-0.3, -0.25) is 0 Å². The predicted molar refractivity (Wildman–Crippen MR) is 60.0 cm³/mol. The number of hydrogen-bond donors (Lipinski definition) is 0. The van der Waals surface area contributed by atoms with Crippen LogP contribution in [0.2, 0.25) is 0 Å². The van der Waals surface area contributed by atoms with E-state index in [9.17, 15) is 9.18 Å². The highest BCUT2D eigenvalue weighted by Crippen LogP contribution is 2.24. The lowest BCUT2D eigenvalue weighted by molar-refractivity contribution is 0.0234. The molecule has 15 heavy (non-hydrogen) atoms. The van der Waals surface area contributed by atoms with Crippen LogP contribution in [0, 0.1) is 0 Å². The highest BCUT2D eigenvalue weighted by Gasteiger charge is 2.36. The molecule has 0 saturated carbocycles. The zero-order valence-corrected chi connectivity index (χ0v) is 10.9. The smallest absolute Gasteiger partial charge is 0.410 e. The van der Waals surface area contributed by atoms with Crippen LogP contribution >= 0.6 is 15.9 Å². The minimum atomic E-state index is -0.930. The van der Waals surface area contributed by atoms with E-state index in [0.717, 1.165) is 0 Å². The molecule has 0 aromatic heterocycles. The molecule has 1 aliphatic rings. The molecule has 2 atom stereocenters. The van der Waals surface area contributed by atoms with Crippen molar-refractivity contribution in [3.63, 3.8) is 0 Å². The second kappa shape index (κ2) is 4.68. The summed E-state index contributed by atoms with van der Waals surface area (Å²) in [5.41, 5.74) is -0.525. The van der Waals surface area contributed by atoms with Gasteiger partial charge in [0, 0.05) is 17.8 Å². The number of hydrogen-bond acceptors (Lipinski definition) is 2. The van der Waals surface area contributed by atoms with Crippen LogP contribution in [0.1, 0.15) is 27.2 Å². The third-order valence-electron chi connectivity index (χ3n) is 2.17. The summed E-state index contributed by atoms with van der Waals surface area (Å²) in [5.74, 6) is 0. The first-order chi connectivity index (χ1) is 6.83. The lowest BCUT2D eigenvalue weighted by Crippen LogP contribution is -2.40. The highest BCUT2D eigenvalue weighted by molar-refractivity contribution is 9.09. The van der Waals surface area contributed by atoms with E-state index in [1.54, 1.807) is 20.8 Å². The van der Waals surface area contributed by atoms with Crippen molar-refractivity contribution >= 4 is 22.0 Å². The number of rotatable bonds is 1. The molecule has 5 heteroatoms. The Morgan fingerprint density at radius 2 is 2.20 bits per heavy atom. The first-order valence-corrected chi connectivity index (χ1v) is 6.15. The number of amides is 1. The maximum Gasteiger partial charge on any atom is 0.410 e. The van der Waals surface area contributed by atoms with Gasteiger partial charge >= 0.3 is 6.09 Å². The van der Waals surface area contributed by atoms with Gasteiger partial charge in [0.2, 0.25) is 0 Å². The summed E-state index contributed by atoms with van der Waals surface area (Å²) in [6, 6.07) is -0.0881. The largest absolute Gasteiger partial charge is 0.444 e. The fraction of sp³-hybridized carbons (Fsp3) is 0.900. The molecule has 1 saturated heterocycles. The summed E-state index contributed by atoms with van der Waals surface area (Å²) < 4.78 is 18.3. The van der Waals surface area contributed by atoms with E-state index < -0.39 is 17.9 Å². The number of ether oxygens (including phenoxy) is 1. The monoisotopic (exact) mass is 281 g/mol. The van der Waals surface area contributed by atoms with Crippen LogP contribution in [0.5, 0.6) is 0 Å². The van der Waals surface area contributed by atoms with E-state index >= 15 is 0 Å². The summed E-state index contributed by atoms with van der Waals surface area (Å²) in [6.45, 7) is 5.55. The summed E-state index contributed by atoms with van der Waals surface area (Å²) >= 11 is 3.28. The molecule has 0 aromatic rings. The number of nitrogens with zero attached hydrogens (tertiary/aromatic N) is 1. The standard InChI is InChI=1S/C10H17BrFNO2/c1-10(2,3)15-9(14)13-6-7(12)4-8(13)5-11/h7-8H,4-6H2,1-3H3/t7-,8+/m1/s1. The molecule has 0 spiro atoms. The van der Waals surface area contributed by atoms with E-state index in [1.807, 2.05) is 0 Å². The molecule has 3 nitrogen and oxygen atoms in total. The highest BCUT2D eigenvalue weighted by atomic mass is 79.9. The Morgan fingerprint density at radius 3 is 2.67 bits per heavy atom. The summed E-state index contributed by atoms with van der Waals surface area (Å²) in [5, 5.41) is 0.590. The molecule has 88 valence electrons. The summed E-state index contributed by atoms with van der Waals surface area (Å²) in [7, 11) is 0. The van der Waals surface area contributed by atoms with Crippen LogP contribution in [0.25, 0.3) is 0 Å². The van der Waals surface area contributed by atoms with Crippen molar-refractivity contribution in [2.45, 2.75) is 45.0 Å². The number of carbonyl (C=O) groups is 1. The first kappa shape index (κ1) is 12.7. The van der Waals surface area contributed by atoms with Crippen LogP contribution < -0.4 is 0 Å². The van der Waals surface area contributed by atoms with Gasteiger partial charge in [0.25, 0.3) is 0 Å². The van der Waals surface area contributed by atoms with Crippen LogP contribution in [0.3, 0.4) is 0 Å². The summed E-state index contributed by atoms with van der Waals surface area (Å²) in [4.78, 5) is 13.2. The Hall–Kier alpha value is -0.320. The van der Waals surface area contributed by atoms with Gasteiger partial charge in [0.1, 0.15) is 11.8 Å². The van der Waals surface area contributed by atoms with Gasteiger partial charge in [-0.15, -0.1) is 0 Å². The molecular weight excluding hydrogens is 265 g/mol. The zero-order chi connectivity index (χ0) is 11.6. The molecular formula is C10H17BrFNO2. The molecule has 1 heterocycles. The Bertz CT molecular complexity index is 242. The Balaban J connectivity index is 2.59. The van der Waals surface area contributed by atoms with Crippen molar-refractivity contribution in [1.29, 1.82) is 0 Å². The van der Waals surface area contributed by atoms with Crippen LogP contribution in [0.4, 0.5) is 9.18 Å². The van der Waals surface area contributed by atoms with E-state index in [-0.39, 0.29) is 12.6 Å². The van der Waals surface area contributed by atoms with E-state index in [1.165, 1.54) is 4.90 Å². The SMILES string of the molecule is CC(C)(C)OC(=O)N1C[C@H](F)C[C@H]1CBr. The van der Waals surface area contributed by atoms with E-state index in [2.05, 4.69) is 15.9 Å². The van der Waals surface area contributed by atoms with Crippen molar-refractivity contribution < 1.29 is 13.9 Å². The van der Waals surface area contributed by atoms with Gasteiger partial charge in [-0.2, -0.15) is 0 Å². The third-order valence-corrected chi connectivity index (χ3v) is 2.92. The molecule has 0 aliphatic carbocycles. The van der Waals surface area contributed by atoms with E-state index in [0.29, 0.717) is 11.8 Å². The fourth-order valence-corrected chi connectivity index (χ4v) is 2.16. The number of alkyl halides is 2. The van der Waals surface area contributed by atoms with Crippen LogP contribution in [-0.4, -0.2) is 40.7 Å². The minimum Gasteiger partial charge on any atom is -0.444 e. The van der Waals surface area contributed by atoms with Crippen molar-refractivity contribution in [3.05, 3.63) is 0 Å². The second-order valence-electron chi connectivity index (χ2n) is 4.77. The number of carbonyl (C=O) groups excluding carboxylic acids is 1. The quantitative estimate of drug-likeness (QED) is 0.692. The molecule has 1 rings (SSSR count). The average Bonchev–Trinajstić information content (AvgIpc) is 2.43. The molecule has 1 aliphatic heterocycles. The van der Waals surface area contributed by atoms with Gasteiger partial charge in [-0.1, -0.05) is 15.9 Å². The molecule has 0 bridgehead atoms. The summed E-state index contributed by atoms with van der Waals surface area (Å²) in [6.07, 6.45) is -0.961. The molecule has 0 aromatic carbocycles. The fourth-order valence-electron chi connectivity index (χ4n) is 1.55. The molecule has 0 radical (unpaired) electrons. The van der Waals surface area contributed by atoms with Crippen molar-refractivity contribution in [2.75, 3.05) is 11.9 Å². The average molecular weight is 282 g/mol. The number of likely N-dealkylation sites (tertiary alicyclic amines) is 1. The minimum absolute atomic E-state index is 0.0881. The molecule has 1 amide bonds. The normalized spacial score (nSPS) is 26.9. The van der Waals surface area contributed by atoms with Gasteiger partial charge < -0.3 is 9.64 Å². The van der Waals surface area contributed by atoms with Gasteiger partial charge in [0.05, 0.1) is 6.54 Å². The Morgan fingerprint density at radius 1 is 1.60 bits per heavy atom. The maximum atomic E-state index is 13.1. The third kappa shape index (κ3) is 3.63. The van der Waals surface area contributed by atoms with Crippen LogP contribution in [0.15, 0.2) is 0 Å². The lowest BCUT2D eigenvalue weighted by Gasteiger charge is -2.27. The predicted octanol–water partition coefficient (Wildman–Crippen LogP) is 2.73. The van der Waals surface area contributed by atoms with Gasteiger partial charge in [-0.25, -0.2) is 9.18 Å². The lowest BCUT2D eigenvalue weighted by atomic mass is 10.2. The zero-order valence-electron chi connectivity index (χ0n) is 9.30. The molecule has 0 unspecified atom stereocenters. The van der Waals surface area contributed by atoms with Gasteiger partial charge in [0.15, 0.2) is 0 Å². The van der Waals surface area contributed by atoms with E-state index in [4.69, 9.17) is 4.74 Å². The molecule has 0 N–H and O–H groups in total. The number of halogens is 2. The maximum absolute atomic E-state index is 13.1. The van der Waals surface area contributed by atoms with Crippen LogP contribution in [-0.2, 0) is 4.74 Å².